The van der Waals surface area contributed by atoms with E-state index in [1.54, 1.807) is 12.1 Å². The second-order valence-electron chi connectivity index (χ2n) is 6.28. The first-order valence-electron chi connectivity index (χ1n) is 8.00. The highest BCUT2D eigenvalue weighted by molar-refractivity contribution is 5.31. The third-order valence-electron chi connectivity index (χ3n) is 4.98. The van der Waals surface area contributed by atoms with Gasteiger partial charge in [-0.3, -0.25) is 4.90 Å². The molecular formula is C17H24FNO3. The lowest BCUT2D eigenvalue weighted by molar-refractivity contribution is -0.177. The first kappa shape index (κ1) is 15.7. The van der Waals surface area contributed by atoms with Crippen molar-refractivity contribution in [2.75, 3.05) is 26.8 Å². The number of halogens is 1. The summed E-state index contributed by atoms with van der Waals surface area (Å²) in [5.41, 5.74) is 0.280. The fourth-order valence-corrected chi connectivity index (χ4v) is 3.56. The van der Waals surface area contributed by atoms with Crippen molar-refractivity contribution in [1.82, 2.24) is 4.90 Å². The third-order valence-corrected chi connectivity index (χ3v) is 4.98. The molecule has 0 aliphatic carbocycles. The zero-order valence-corrected chi connectivity index (χ0v) is 13.1. The Morgan fingerprint density at radius 3 is 2.86 bits per heavy atom. The second kappa shape index (κ2) is 6.52. The van der Waals surface area contributed by atoms with E-state index in [4.69, 9.17) is 9.47 Å². The van der Waals surface area contributed by atoms with Crippen molar-refractivity contribution in [2.45, 2.75) is 43.9 Å². The summed E-state index contributed by atoms with van der Waals surface area (Å²) < 4.78 is 25.2. The lowest BCUT2D eigenvalue weighted by Gasteiger charge is -2.46. The van der Waals surface area contributed by atoms with Crippen LogP contribution >= 0.6 is 0 Å². The van der Waals surface area contributed by atoms with E-state index in [1.807, 2.05) is 6.07 Å². The van der Waals surface area contributed by atoms with Crippen LogP contribution in [0.15, 0.2) is 18.2 Å². The number of aliphatic hydroxyl groups is 1. The predicted molar refractivity (Wildman–Crippen MR) is 81.4 cm³/mol. The van der Waals surface area contributed by atoms with Crippen molar-refractivity contribution < 1.29 is 19.0 Å². The van der Waals surface area contributed by atoms with Gasteiger partial charge in [0, 0.05) is 31.8 Å². The molecule has 122 valence electrons. The van der Waals surface area contributed by atoms with Gasteiger partial charge in [0.2, 0.25) is 0 Å². The van der Waals surface area contributed by atoms with Crippen molar-refractivity contribution in [3.05, 3.63) is 29.6 Å². The van der Waals surface area contributed by atoms with Gasteiger partial charge in [-0.25, -0.2) is 4.39 Å². The van der Waals surface area contributed by atoms with Crippen LogP contribution in [0.1, 0.15) is 31.2 Å². The summed E-state index contributed by atoms with van der Waals surface area (Å²) >= 11 is 0. The van der Waals surface area contributed by atoms with E-state index in [2.05, 4.69) is 4.90 Å². The van der Waals surface area contributed by atoms with Gasteiger partial charge >= 0.3 is 0 Å². The van der Waals surface area contributed by atoms with Gasteiger partial charge in [-0.2, -0.15) is 0 Å². The van der Waals surface area contributed by atoms with E-state index in [0.29, 0.717) is 12.1 Å². The van der Waals surface area contributed by atoms with Gasteiger partial charge in [-0.05, 0) is 31.7 Å². The number of rotatable bonds is 3. The molecule has 3 rings (SSSR count). The Labute approximate surface area is 130 Å². The molecule has 22 heavy (non-hydrogen) atoms. The van der Waals surface area contributed by atoms with Crippen LogP contribution in [0.2, 0.25) is 0 Å². The lowest BCUT2D eigenvalue weighted by Crippen LogP contribution is -2.55. The molecule has 1 aromatic rings. The van der Waals surface area contributed by atoms with Crippen LogP contribution in [0, 0.1) is 5.82 Å². The molecular weight excluding hydrogens is 285 g/mol. The van der Waals surface area contributed by atoms with E-state index >= 15 is 0 Å². The summed E-state index contributed by atoms with van der Waals surface area (Å²) in [5.74, 6) is 0.0104. The zero-order valence-electron chi connectivity index (χ0n) is 13.1. The molecule has 0 amide bonds. The van der Waals surface area contributed by atoms with Gasteiger partial charge in [0.15, 0.2) is 11.6 Å². The molecule has 2 heterocycles. The van der Waals surface area contributed by atoms with Gasteiger partial charge in [0.25, 0.3) is 0 Å². The maximum absolute atomic E-state index is 14.2. The van der Waals surface area contributed by atoms with Gasteiger partial charge in [-0.15, -0.1) is 0 Å². The smallest absolute Gasteiger partial charge is 0.169 e. The molecule has 2 aliphatic rings. The maximum atomic E-state index is 14.2. The molecule has 0 aromatic heterocycles. The molecule has 0 bridgehead atoms. The first-order chi connectivity index (χ1) is 10.6. The van der Waals surface area contributed by atoms with Crippen LogP contribution < -0.4 is 4.74 Å². The number of aliphatic hydroxyl groups excluding tert-OH is 1. The van der Waals surface area contributed by atoms with Crippen molar-refractivity contribution in [3.63, 3.8) is 0 Å². The van der Waals surface area contributed by atoms with E-state index in [0.717, 1.165) is 45.4 Å². The standard InChI is InChI=1S/C17H24FNO3/c1-21-14-5-2-4-13(16(14)18)12-19-9-7-17(8-10-19)15(20)6-3-11-22-17/h2,4-5,15,20H,3,6-12H2,1H3/t15-/m1/s1. The molecule has 0 radical (unpaired) electrons. The molecule has 1 atom stereocenters. The van der Waals surface area contributed by atoms with Gasteiger partial charge in [0.05, 0.1) is 18.8 Å². The van der Waals surface area contributed by atoms with E-state index in [1.165, 1.54) is 7.11 Å². The molecule has 5 heteroatoms. The highest BCUT2D eigenvalue weighted by Crippen LogP contribution is 2.35. The summed E-state index contributed by atoms with van der Waals surface area (Å²) in [6.07, 6.45) is 3.00. The molecule has 2 fully saturated rings. The van der Waals surface area contributed by atoms with Gasteiger partial charge < -0.3 is 14.6 Å². The molecule has 2 aliphatic heterocycles. The number of piperidine rings is 1. The predicted octanol–water partition coefficient (Wildman–Crippen LogP) is 2.34. The Balaban J connectivity index is 1.63. The van der Waals surface area contributed by atoms with Crippen LogP contribution in [0.25, 0.3) is 0 Å². The van der Waals surface area contributed by atoms with Crippen molar-refractivity contribution in [3.8, 4) is 5.75 Å². The highest BCUT2D eigenvalue weighted by Gasteiger charge is 2.43. The summed E-state index contributed by atoms with van der Waals surface area (Å²) in [6.45, 7) is 2.93. The number of hydrogen-bond donors (Lipinski definition) is 1. The topological polar surface area (TPSA) is 41.9 Å². The van der Waals surface area contributed by atoms with E-state index in [-0.39, 0.29) is 23.3 Å². The van der Waals surface area contributed by atoms with Gasteiger partial charge in [0.1, 0.15) is 0 Å². The Morgan fingerprint density at radius 2 is 2.18 bits per heavy atom. The van der Waals surface area contributed by atoms with Crippen LogP contribution in [0.4, 0.5) is 4.39 Å². The lowest BCUT2D eigenvalue weighted by atomic mass is 9.82. The SMILES string of the molecule is COc1cccc(CN2CCC3(CC2)OCCC[C@H]3O)c1F. The van der Waals surface area contributed by atoms with Crippen LogP contribution in [0.5, 0.6) is 5.75 Å². The molecule has 4 nitrogen and oxygen atoms in total. The molecule has 2 saturated heterocycles. The average Bonchev–Trinajstić information content (AvgIpc) is 2.54. The number of likely N-dealkylation sites (tertiary alicyclic amines) is 1. The average molecular weight is 309 g/mol. The monoisotopic (exact) mass is 309 g/mol. The normalized spacial score (nSPS) is 25.3. The minimum atomic E-state index is -0.373. The minimum absolute atomic E-state index is 0.278. The maximum Gasteiger partial charge on any atom is 0.169 e. The van der Waals surface area contributed by atoms with Crippen LogP contribution in [0.3, 0.4) is 0 Å². The Kier molecular flexibility index (Phi) is 4.66. The minimum Gasteiger partial charge on any atom is -0.494 e. The molecule has 1 aromatic carbocycles. The largest absolute Gasteiger partial charge is 0.494 e. The molecule has 0 unspecified atom stereocenters. The quantitative estimate of drug-likeness (QED) is 0.930. The Bertz CT molecular complexity index is 515. The summed E-state index contributed by atoms with van der Waals surface area (Å²) in [4.78, 5) is 2.22. The second-order valence-corrected chi connectivity index (χ2v) is 6.28. The fraction of sp³-hybridized carbons (Fsp3) is 0.647. The van der Waals surface area contributed by atoms with E-state index in [9.17, 15) is 9.50 Å². The summed E-state index contributed by atoms with van der Waals surface area (Å²) in [5, 5.41) is 10.3. The van der Waals surface area contributed by atoms with Crippen molar-refractivity contribution in [1.29, 1.82) is 0 Å². The highest BCUT2D eigenvalue weighted by atomic mass is 19.1. The van der Waals surface area contributed by atoms with Crippen molar-refractivity contribution >= 4 is 0 Å². The zero-order chi connectivity index (χ0) is 15.6. The van der Waals surface area contributed by atoms with Crippen molar-refractivity contribution in [2.24, 2.45) is 0 Å². The number of nitrogens with zero attached hydrogens (tertiary/aromatic N) is 1. The molecule has 1 N–H and O–H groups in total. The first-order valence-corrected chi connectivity index (χ1v) is 8.00. The van der Waals surface area contributed by atoms with Crippen LogP contribution in [-0.4, -0.2) is 48.5 Å². The summed E-state index contributed by atoms with van der Waals surface area (Å²) in [7, 11) is 1.48. The molecule has 0 saturated carbocycles. The molecule has 1 spiro atoms. The number of methoxy groups -OCH3 is 1. The fourth-order valence-electron chi connectivity index (χ4n) is 3.56. The summed E-state index contributed by atoms with van der Waals surface area (Å²) in [6, 6.07) is 5.25. The third kappa shape index (κ3) is 2.98. The van der Waals surface area contributed by atoms with E-state index < -0.39 is 0 Å². The van der Waals surface area contributed by atoms with Crippen LogP contribution in [-0.2, 0) is 11.3 Å². The number of benzene rings is 1. The number of hydrogen-bond acceptors (Lipinski definition) is 4. The van der Waals surface area contributed by atoms with Gasteiger partial charge in [-0.1, -0.05) is 12.1 Å². The number of ether oxygens (including phenoxy) is 2. The Morgan fingerprint density at radius 1 is 1.41 bits per heavy atom. The Hall–Kier alpha value is -1.17.